The molecule has 0 bridgehead atoms. The number of hydrogen-bond donors (Lipinski definition) is 2. The Bertz CT molecular complexity index is 305. The van der Waals surface area contributed by atoms with Crippen LogP contribution in [-0.2, 0) is 0 Å². The summed E-state index contributed by atoms with van der Waals surface area (Å²) in [6, 6.07) is 9.45. The summed E-state index contributed by atoms with van der Waals surface area (Å²) < 4.78 is 21.7. The normalized spacial score (nSPS) is 20.1. The molecule has 1 aromatic carbocycles. The van der Waals surface area contributed by atoms with Gasteiger partial charge < -0.3 is 0 Å². The second-order valence-electron chi connectivity index (χ2n) is 4.17. The third kappa shape index (κ3) is 2.54. The molecule has 0 amide bonds. The number of hydrogen-bond acceptors (Lipinski definition) is 2. The van der Waals surface area contributed by atoms with Gasteiger partial charge in [0.15, 0.2) is 0 Å². The van der Waals surface area contributed by atoms with Crippen LogP contribution < -0.4 is 3.61 Å². The summed E-state index contributed by atoms with van der Waals surface area (Å²) in [7, 11) is 0. The Morgan fingerprint density at radius 1 is 0.933 bits per heavy atom. The van der Waals surface area contributed by atoms with Gasteiger partial charge in [-0.15, -0.1) is 0 Å². The fourth-order valence-electron chi connectivity index (χ4n) is 2.21. The molecule has 2 rings (SSSR count). The van der Waals surface area contributed by atoms with E-state index in [-0.39, 0.29) is 3.97 Å². The summed E-state index contributed by atoms with van der Waals surface area (Å²) in [5.41, 5.74) is 0. The van der Waals surface area contributed by atoms with Gasteiger partial charge >= 0.3 is 96.0 Å². The van der Waals surface area contributed by atoms with Crippen LogP contribution in [0.3, 0.4) is 0 Å². The molecule has 2 N–H and O–H groups in total. The van der Waals surface area contributed by atoms with Crippen LogP contribution in [0, 0.1) is 0 Å². The van der Waals surface area contributed by atoms with Crippen molar-refractivity contribution in [2.24, 2.45) is 0 Å². The molecule has 3 heteroatoms. The van der Waals surface area contributed by atoms with Gasteiger partial charge in [0, 0.05) is 0 Å². The molecule has 0 saturated heterocycles. The van der Waals surface area contributed by atoms with E-state index >= 15 is 0 Å². The molecule has 0 aliphatic heterocycles. The summed E-state index contributed by atoms with van der Waals surface area (Å²) in [6.45, 7) is 0. The average Bonchev–Trinajstić information content (AvgIpc) is 2.31. The molecule has 0 aromatic heterocycles. The second-order valence-corrected chi connectivity index (χ2v) is 10.8. The Kier molecular flexibility index (Phi) is 3.69. The Morgan fingerprint density at radius 3 is 2.13 bits per heavy atom. The van der Waals surface area contributed by atoms with E-state index in [2.05, 4.69) is 0 Å². The van der Waals surface area contributed by atoms with Crippen molar-refractivity contribution in [3.63, 3.8) is 0 Å². The standard InChI is InChI=1S/C12H18O2Te/c13-15(14,11-7-3-1-4-8-11)12-9-5-2-6-10-12/h1,3-4,7-8,12-14H,2,5-6,9-10H2. The fraction of sp³-hybridized carbons (Fsp3) is 0.500. The van der Waals surface area contributed by atoms with Gasteiger partial charge in [0.2, 0.25) is 0 Å². The molecule has 1 aromatic rings. The van der Waals surface area contributed by atoms with Crippen LogP contribution in [0.5, 0.6) is 0 Å². The number of rotatable bonds is 2. The first-order valence-corrected chi connectivity index (χ1v) is 10.1. The van der Waals surface area contributed by atoms with Crippen molar-refractivity contribution in [2.75, 3.05) is 0 Å². The monoisotopic (exact) mass is 324 g/mol. The zero-order chi connectivity index (χ0) is 10.7. The summed E-state index contributed by atoms with van der Waals surface area (Å²) in [6.07, 6.45) is 5.58. The van der Waals surface area contributed by atoms with Gasteiger partial charge in [0.1, 0.15) is 0 Å². The van der Waals surface area contributed by atoms with Gasteiger partial charge in [-0.05, 0) is 0 Å². The van der Waals surface area contributed by atoms with E-state index < -0.39 is 19.0 Å². The molecule has 2 nitrogen and oxygen atoms in total. The third-order valence-corrected chi connectivity index (χ3v) is 9.86. The number of benzene rings is 1. The predicted octanol–water partition coefficient (Wildman–Crippen LogP) is 1.65. The molecule has 1 fully saturated rings. The molecule has 15 heavy (non-hydrogen) atoms. The molecular weight excluding hydrogens is 304 g/mol. The van der Waals surface area contributed by atoms with Crippen molar-refractivity contribution >= 4 is 22.6 Å². The van der Waals surface area contributed by atoms with Gasteiger partial charge in [-0.25, -0.2) is 0 Å². The maximum absolute atomic E-state index is 10.4. The van der Waals surface area contributed by atoms with Gasteiger partial charge in [-0.1, -0.05) is 0 Å². The Morgan fingerprint density at radius 2 is 1.53 bits per heavy atom. The summed E-state index contributed by atoms with van der Waals surface area (Å²) in [5.74, 6) is 0. The van der Waals surface area contributed by atoms with Crippen LogP contribution in [0.4, 0.5) is 0 Å². The van der Waals surface area contributed by atoms with Crippen LogP contribution in [0.15, 0.2) is 30.3 Å². The van der Waals surface area contributed by atoms with Crippen molar-refractivity contribution in [1.29, 1.82) is 0 Å². The van der Waals surface area contributed by atoms with Crippen LogP contribution in [-0.4, -0.2) is 25.9 Å². The summed E-state index contributed by atoms with van der Waals surface area (Å²) in [4.78, 5) is 0. The van der Waals surface area contributed by atoms with Crippen molar-refractivity contribution in [3.05, 3.63) is 30.3 Å². The SMILES string of the molecule is O[Te](O)(c1ccccc1)C1CCCCC1. The molecule has 84 valence electrons. The molecule has 1 aliphatic carbocycles. The first-order valence-electron chi connectivity index (χ1n) is 5.53. The minimum absolute atomic E-state index is 0.184. The van der Waals surface area contributed by atoms with Gasteiger partial charge in [-0.2, -0.15) is 0 Å². The third-order valence-electron chi connectivity index (χ3n) is 3.11. The van der Waals surface area contributed by atoms with E-state index in [9.17, 15) is 6.94 Å². The molecule has 1 saturated carbocycles. The molecule has 0 heterocycles. The Balaban J connectivity index is 2.18. The molecule has 1 aliphatic rings. The van der Waals surface area contributed by atoms with E-state index in [1.54, 1.807) is 0 Å². The van der Waals surface area contributed by atoms with Crippen molar-refractivity contribution < 1.29 is 6.94 Å². The van der Waals surface area contributed by atoms with E-state index in [0.29, 0.717) is 0 Å². The molecular formula is C12H18O2Te. The van der Waals surface area contributed by atoms with Crippen LogP contribution in [0.25, 0.3) is 0 Å². The zero-order valence-corrected chi connectivity index (χ0v) is 11.1. The Hall–Kier alpha value is -0.0704. The van der Waals surface area contributed by atoms with Gasteiger partial charge in [0.25, 0.3) is 0 Å². The van der Waals surface area contributed by atoms with Gasteiger partial charge in [0.05, 0.1) is 0 Å². The van der Waals surface area contributed by atoms with Crippen molar-refractivity contribution in [2.45, 2.75) is 36.1 Å². The molecule has 0 radical (unpaired) electrons. The first-order chi connectivity index (χ1) is 7.21. The summed E-state index contributed by atoms with van der Waals surface area (Å²) >= 11 is -3.75. The quantitative estimate of drug-likeness (QED) is 0.813. The molecule has 0 unspecified atom stereocenters. The van der Waals surface area contributed by atoms with Crippen LogP contribution in [0.1, 0.15) is 32.1 Å². The second kappa shape index (κ2) is 4.84. The van der Waals surface area contributed by atoms with E-state index in [4.69, 9.17) is 0 Å². The predicted molar refractivity (Wildman–Crippen MR) is 63.1 cm³/mol. The first kappa shape index (κ1) is 11.4. The van der Waals surface area contributed by atoms with Crippen molar-refractivity contribution in [3.8, 4) is 0 Å². The topological polar surface area (TPSA) is 40.5 Å². The Labute approximate surface area is 95.8 Å². The van der Waals surface area contributed by atoms with Crippen LogP contribution in [0.2, 0.25) is 3.97 Å². The molecule has 0 spiro atoms. The van der Waals surface area contributed by atoms with Crippen LogP contribution >= 0.6 is 0 Å². The minimum atomic E-state index is -3.75. The molecule has 0 atom stereocenters. The average molecular weight is 322 g/mol. The summed E-state index contributed by atoms with van der Waals surface area (Å²) in [5, 5.41) is 0. The van der Waals surface area contributed by atoms with E-state index in [0.717, 1.165) is 29.3 Å². The maximum atomic E-state index is 10.4. The van der Waals surface area contributed by atoms with E-state index in [1.165, 1.54) is 6.42 Å². The zero-order valence-electron chi connectivity index (χ0n) is 8.80. The van der Waals surface area contributed by atoms with Crippen molar-refractivity contribution in [1.82, 2.24) is 0 Å². The van der Waals surface area contributed by atoms with Gasteiger partial charge in [-0.3, -0.25) is 0 Å². The van der Waals surface area contributed by atoms with E-state index in [1.807, 2.05) is 30.3 Å². The fourth-order valence-corrected chi connectivity index (χ4v) is 7.72.